The SMILES string of the molecule is CNC(=O)CNC(=O)C=Cc1csc(-c2ccc(OC)cc2)n1. The van der Waals surface area contributed by atoms with Gasteiger partial charge in [0.05, 0.1) is 19.3 Å². The summed E-state index contributed by atoms with van der Waals surface area (Å²) in [6.07, 6.45) is 2.97. The van der Waals surface area contributed by atoms with Crippen LogP contribution in [0.3, 0.4) is 0 Å². The molecule has 0 spiro atoms. The molecule has 1 heterocycles. The van der Waals surface area contributed by atoms with E-state index in [1.54, 1.807) is 13.2 Å². The molecule has 2 aromatic rings. The quantitative estimate of drug-likeness (QED) is 0.790. The minimum Gasteiger partial charge on any atom is -0.497 e. The third-order valence-corrected chi connectivity index (χ3v) is 3.88. The van der Waals surface area contributed by atoms with Crippen LogP contribution in [0.1, 0.15) is 5.69 Å². The van der Waals surface area contributed by atoms with Crippen molar-refractivity contribution in [3.05, 3.63) is 41.4 Å². The van der Waals surface area contributed by atoms with Crippen LogP contribution in [0.15, 0.2) is 35.7 Å². The van der Waals surface area contributed by atoms with E-state index in [2.05, 4.69) is 15.6 Å². The fourth-order valence-corrected chi connectivity index (χ4v) is 2.50. The van der Waals surface area contributed by atoms with Crippen LogP contribution in [0.25, 0.3) is 16.6 Å². The average molecular weight is 331 g/mol. The van der Waals surface area contributed by atoms with Gasteiger partial charge >= 0.3 is 0 Å². The lowest BCUT2D eigenvalue weighted by molar-refractivity contribution is -0.123. The number of hydrogen-bond donors (Lipinski definition) is 2. The first-order chi connectivity index (χ1) is 11.1. The van der Waals surface area contributed by atoms with Gasteiger partial charge in [-0.1, -0.05) is 0 Å². The molecule has 0 aliphatic rings. The first-order valence-corrected chi connectivity index (χ1v) is 7.77. The number of likely N-dealkylation sites (N-methyl/N-ethyl adjacent to an activating group) is 1. The van der Waals surface area contributed by atoms with Crippen LogP contribution in [0.5, 0.6) is 5.75 Å². The molecule has 0 fully saturated rings. The van der Waals surface area contributed by atoms with Crippen LogP contribution < -0.4 is 15.4 Å². The highest BCUT2D eigenvalue weighted by Crippen LogP contribution is 2.25. The molecule has 120 valence electrons. The summed E-state index contributed by atoms with van der Waals surface area (Å²) in [4.78, 5) is 27.0. The topological polar surface area (TPSA) is 80.3 Å². The number of amides is 2. The van der Waals surface area contributed by atoms with Gasteiger partial charge in [-0.15, -0.1) is 11.3 Å². The Hall–Kier alpha value is -2.67. The van der Waals surface area contributed by atoms with E-state index >= 15 is 0 Å². The molecule has 2 amide bonds. The molecular formula is C16H17N3O3S. The summed E-state index contributed by atoms with van der Waals surface area (Å²) < 4.78 is 5.12. The number of nitrogens with one attached hydrogen (secondary N) is 2. The van der Waals surface area contributed by atoms with Crippen LogP contribution in [0, 0.1) is 0 Å². The van der Waals surface area contributed by atoms with E-state index in [0.29, 0.717) is 5.69 Å². The molecular weight excluding hydrogens is 314 g/mol. The van der Waals surface area contributed by atoms with Crippen LogP contribution in [0.4, 0.5) is 0 Å². The van der Waals surface area contributed by atoms with Gasteiger partial charge in [-0.3, -0.25) is 9.59 Å². The lowest BCUT2D eigenvalue weighted by Crippen LogP contribution is -2.34. The normalized spacial score (nSPS) is 10.5. The summed E-state index contributed by atoms with van der Waals surface area (Å²) in [5.74, 6) is 0.202. The molecule has 0 radical (unpaired) electrons. The van der Waals surface area contributed by atoms with E-state index < -0.39 is 0 Å². The van der Waals surface area contributed by atoms with Gasteiger partial charge in [-0.05, 0) is 30.3 Å². The number of nitrogens with zero attached hydrogens (tertiary/aromatic N) is 1. The molecule has 6 nitrogen and oxygen atoms in total. The maximum atomic E-state index is 11.6. The lowest BCUT2D eigenvalue weighted by Gasteiger charge is -2.00. The second-order valence-corrected chi connectivity index (χ2v) is 5.39. The Morgan fingerprint density at radius 1 is 1.30 bits per heavy atom. The molecule has 0 aliphatic heterocycles. The lowest BCUT2D eigenvalue weighted by atomic mass is 10.2. The summed E-state index contributed by atoms with van der Waals surface area (Å²) in [7, 11) is 3.14. The van der Waals surface area contributed by atoms with Crippen molar-refractivity contribution in [1.82, 2.24) is 15.6 Å². The zero-order valence-corrected chi connectivity index (χ0v) is 13.6. The zero-order valence-electron chi connectivity index (χ0n) is 12.8. The summed E-state index contributed by atoms with van der Waals surface area (Å²) in [6, 6.07) is 7.61. The van der Waals surface area contributed by atoms with Gasteiger partial charge in [-0.2, -0.15) is 0 Å². The molecule has 0 atom stereocenters. The second-order valence-electron chi connectivity index (χ2n) is 4.53. The van der Waals surface area contributed by atoms with Gasteiger partial charge in [0.2, 0.25) is 11.8 Å². The highest BCUT2D eigenvalue weighted by molar-refractivity contribution is 7.13. The van der Waals surface area contributed by atoms with Gasteiger partial charge in [0, 0.05) is 24.1 Å². The number of benzene rings is 1. The zero-order chi connectivity index (χ0) is 16.7. The fraction of sp³-hybridized carbons (Fsp3) is 0.188. The predicted molar refractivity (Wildman–Crippen MR) is 90.2 cm³/mol. The second kappa shape index (κ2) is 8.09. The van der Waals surface area contributed by atoms with Crippen molar-refractivity contribution in [3.63, 3.8) is 0 Å². The van der Waals surface area contributed by atoms with Gasteiger partial charge in [0.25, 0.3) is 0 Å². The Labute approximate surface area is 138 Å². The highest BCUT2D eigenvalue weighted by Gasteiger charge is 2.04. The first kappa shape index (κ1) is 16.7. The van der Waals surface area contributed by atoms with E-state index in [-0.39, 0.29) is 18.4 Å². The molecule has 23 heavy (non-hydrogen) atoms. The standard InChI is InChI=1S/C16H17N3O3S/c1-17-15(21)9-18-14(20)8-5-12-10-23-16(19-12)11-3-6-13(22-2)7-4-11/h3-8,10H,9H2,1-2H3,(H,17,21)(H,18,20). The summed E-state index contributed by atoms with van der Waals surface area (Å²) in [5.41, 5.74) is 1.68. The molecule has 7 heteroatoms. The third kappa shape index (κ3) is 4.93. The van der Waals surface area contributed by atoms with Crippen molar-refractivity contribution < 1.29 is 14.3 Å². The van der Waals surface area contributed by atoms with Gasteiger partial charge in [0.15, 0.2) is 0 Å². The Kier molecular flexibility index (Phi) is 5.87. The molecule has 1 aromatic carbocycles. The molecule has 0 saturated carbocycles. The molecule has 2 N–H and O–H groups in total. The third-order valence-electron chi connectivity index (χ3n) is 2.97. The molecule has 0 saturated heterocycles. The minimum atomic E-state index is -0.340. The Morgan fingerprint density at radius 3 is 2.70 bits per heavy atom. The number of methoxy groups -OCH3 is 1. The van der Waals surface area contributed by atoms with Gasteiger partial charge < -0.3 is 15.4 Å². The van der Waals surface area contributed by atoms with Crippen molar-refractivity contribution in [2.75, 3.05) is 20.7 Å². The maximum absolute atomic E-state index is 11.6. The molecule has 0 unspecified atom stereocenters. The van der Waals surface area contributed by atoms with E-state index in [0.717, 1.165) is 16.3 Å². The number of thiazole rings is 1. The van der Waals surface area contributed by atoms with E-state index in [9.17, 15) is 9.59 Å². The van der Waals surface area contributed by atoms with Crippen molar-refractivity contribution in [2.24, 2.45) is 0 Å². The monoisotopic (exact) mass is 331 g/mol. The first-order valence-electron chi connectivity index (χ1n) is 6.89. The summed E-state index contributed by atoms with van der Waals surface area (Å²) in [5, 5.41) is 7.63. The molecule has 0 aliphatic carbocycles. The minimum absolute atomic E-state index is 0.0478. The van der Waals surface area contributed by atoms with Crippen LogP contribution in [0.2, 0.25) is 0 Å². The number of aromatic nitrogens is 1. The Balaban J connectivity index is 1.97. The average Bonchev–Trinajstić information content (AvgIpc) is 3.06. The van der Waals surface area contributed by atoms with Crippen LogP contribution in [-0.4, -0.2) is 37.5 Å². The van der Waals surface area contributed by atoms with Crippen molar-refractivity contribution in [1.29, 1.82) is 0 Å². The van der Waals surface area contributed by atoms with E-state index in [1.807, 2.05) is 29.6 Å². The van der Waals surface area contributed by atoms with Crippen LogP contribution in [-0.2, 0) is 9.59 Å². The number of rotatable bonds is 6. The summed E-state index contributed by atoms with van der Waals surface area (Å²) in [6.45, 7) is -0.0478. The van der Waals surface area contributed by atoms with Crippen molar-refractivity contribution in [3.8, 4) is 16.3 Å². The maximum Gasteiger partial charge on any atom is 0.244 e. The molecule has 1 aromatic heterocycles. The van der Waals surface area contributed by atoms with Gasteiger partial charge in [0.1, 0.15) is 10.8 Å². The number of ether oxygens (including phenoxy) is 1. The molecule has 2 rings (SSSR count). The number of hydrogen-bond acceptors (Lipinski definition) is 5. The van der Waals surface area contributed by atoms with Crippen molar-refractivity contribution in [2.45, 2.75) is 0 Å². The highest BCUT2D eigenvalue weighted by atomic mass is 32.1. The largest absolute Gasteiger partial charge is 0.497 e. The van der Waals surface area contributed by atoms with Crippen LogP contribution >= 0.6 is 11.3 Å². The number of carbonyl (C=O) groups is 2. The van der Waals surface area contributed by atoms with E-state index in [1.165, 1.54) is 24.5 Å². The molecule has 0 bridgehead atoms. The van der Waals surface area contributed by atoms with Gasteiger partial charge in [-0.25, -0.2) is 4.98 Å². The van der Waals surface area contributed by atoms with E-state index in [4.69, 9.17) is 4.74 Å². The summed E-state index contributed by atoms with van der Waals surface area (Å²) >= 11 is 1.49. The number of carbonyl (C=O) groups excluding carboxylic acids is 2. The fourth-order valence-electron chi connectivity index (χ4n) is 1.70. The predicted octanol–water partition coefficient (Wildman–Crippen LogP) is 1.69. The Morgan fingerprint density at radius 2 is 2.04 bits per heavy atom. The van der Waals surface area contributed by atoms with Crippen molar-refractivity contribution >= 4 is 29.2 Å². The smallest absolute Gasteiger partial charge is 0.244 e. The Bertz CT molecular complexity index is 708.